The van der Waals surface area contributed by atoms with Crippen molar-refractivity contribution in [1.82, 2.24) is 10.2 Å². The molecule has 2 atom stereocenters. The van der Waals surface area contributed by atoms with Gasteiger partial charge in [-0.2, -0.15) is 13.2 Å². The Labute approximate surface area is 209 Å². The van der Waals surface area contributed by atoms with Crippen LogP contribution in [0.5, 0.6) is 0 Å². The van der Waals surface area contributed by atoms with E-state index in [0.29, 0.717) is 18.0 Å². The number of hydrogen-bond acceptors (Lipinski definition) is 6. The molecule has 0 saturated heterocycles. The first kappa shape index (κ1) is 28.8. The molecule has 1 aliphatic rings. The van der Waals surface area contributed by atoms with Crippen LogP contribution in [0.4, 0.5) is 18.9 Å². The molecule has 2 rings (SSSR count). The quantitative estimate of drug-likeness (QED) is 0.206. The lowest BCUT2D eigenvalue weighted by molar-refractivity contribution is -0.154. The number of nitrogens with one attached hydrogen (secondary N) is 2. The van der Waals surface area contributed by atoms with E-state index in [9.17, 15) is 22.8 Å². The molecule has 0 amide bonds. The number of hydrogen-bond donors (Lipinski definition) is 2. The van der Waals surface area contributed by atoms with Crippen molar-refractivity contribution >= 4 is 35.0 Å². The maximum absolute atomic E-state index is 13.5. The van der Waals surface area contributed by atoms with Crippen molar-refractivity contribution in [3.63, 3.8) is 0 Å². The standard InChI is InChI=1S/C24H34F3N3O4S/c1-4-33-21(31)15-22(32)34-11-7-8-16-12-17(24(25,26)27)14-18(13-16)28-23(35)29-19-9-5-6-10-20(19)30(2)3/h12-14,19-20H,4-11,15H2,1-3H3,(H2,28,29,35)/t19-,20-/m1/s1. The summed E-state index contributed by atoms with van der Waals surface area (Å²) < 4.78 is 50.1. The Balaban J connectivity index is 1.98. The van der Waals surface area contributed by atoms with Gasteiger partial charge in [0.25, 0.3) is 0 Å². The molecule has 196 valence electrons. The van der Waals surface area contributed by atoms with E-state index in [2.05, 4.69) is 20.3 Å². The third-order valence-electron chi connectivity index (χ3n) is 5.75. The number of likely N-dealkylation sites (N-methyl/N-ethyl adjacent to an activating group) is 1. The molecule has 0 radical (unpaired) electrons. The Morgan fingerprint density at radius 3 is 2.46 bits per heavy atom. The van der Waals surface area contributed by atoms with Crippen LogP contribution in [0.25, 0.3) is 0 Å². The summed E-state index contributed by atoms with van der Waals surface area (Å²) in [5.74, 6) is -1.41. The smallest absolute Gasteiger partial charge is 0.416 e. The van der Waals surface area contributed by atoms with Crippen molar-refractivity contribution in [2.45, 2.75) is 70.1 Å². The summed E-state index contributed by atoms with van der Waals surface area (Å²) in [6, 6.07) is 4.13. The number of anilines is 1. The third-order valence-corrected chi connectivity index (χ3v) is 5.97. The zero-order valence-electron chi connectivity index (χ0n) is 20.4. The molecule has 0 aliphatic heterocycles. The Hall–Kier alpha value is -2.40. The van der Waals surface area contributed by atoms with Crippen LogP contribution in [0.1, 0.15) is 56.6 Å². The predicted octanol–water partition coefficient (Wildman–Crippen LogP) is 4.29. The first-order chi connectivity index (χ1) is 16.5. The molecule has 1 aromatic rings. The number of carbonyl (C=O) groups is 2. The topological polar surface area (TPSA) is 79.9 Å². The summed E-state index contributed by atoms with van der Waals surface area (Å²) in [6.07, 6.45) is -0.294. The van der Waals surface area contributed by atoms with E-state index in [4.69, 9.17) is 17.0 Å². The van der Waals surface area contributed by atoms with Crippen molar-refractivity contribution < 1.29 is 32.2 Å². The van der Waals surface area contributed by atoms with Gasteiger partial charge in [0.05, 0.1) is 18.8 Å². The van der Waals surface area contributed by atoms with Crippen molar-refractivity contribution in [2.75, 3.05) is 32.6 Å². The molecule has 1 aliphatic carbocycles. The summed E-state index contributed by atoms with van der Waals surface area (Å²) in [5.41, 5.74) is -0.123. The molecule has 1 saturated carbocycles. The molecular formula is C24H34F3N3O4S. The molecular weight excluding hydrogens is 483 g/mol. The van der Waals surface area contributed by atoms with Gasteiger partial charge in [-0.25, -0.2) is 0 Å². The fourth-order valence-electron chi connectivity index (χ4n) is 4.15. The van der Waals surface area contributed by atoms with Crippen molar-refractivity contribution in [1.29, 1.82) is 0 Å². The van der Waals surface area contributed by atoms with E-state index in [0.717, 1.165) is 37.8 Å². The number of rotatable bonds is 10. The Morgan fingerprint density at radius 2 is 1.80 bits per heavy atom. The van der Waals surface area contributed by atoms with Crippen molar-refractivity contribution in [3.05, 3.63) is 29.3 Å². The number of carbonyl (C=O) groups excluding carboxylic acids is 2. The number of thiocarbonyl (C=S) groups is 1. The van der Waals surface area contributed by atoms with E-state index in [1.165, 1.54) is 0 Å². The molecule has 1 aromatic carbocycles. The lowest BCUT2D eigenvalue weighted by atomic mass is 9.90. The van der Waals surface area contributed by atoms with Crippen molar-refractivity contribution in [2.24, 2.45) is 0 Å². The van der Waals surface area contributed by atoms with Crippen LogP contribution in [0.3, 0.4) is 0 Å². The first-order valence-corrected chi connectivity index (χ1v) is 12.2. The number of esters is 2. The second-order valence-corrected chi connectivity index (χ2v) is 9.15. The molecule has 0 bridgehead atoms. The van der Waals surface area contributed by atoms with Gasteiger partial charge >= 0.3 is 18.1 Å². The third kappa shape index (κ3) is 10.0. The highest BCUT2D eigenvalue weighted by molar-refractivity contribution is 7.80. The second-order valence-electron chi connectivity index (χ2n) is 8.74. The first-order valence-electron chi connectivity index (χ1n) is 11.8. The van der Waals surface area contributed by atoms with E-state index in [1.54, 1.807) is 13.0 Å². The molecule has 35 heavy (non-hydrogen) atoms. The minimum atomic E-state index is -4.52. The highest BCUT2D eigenvalue weighted by atomic mass is 32.1. The maximum atomic E-state index is 13.5. The number of alkyl halides is 3. The van der Waals surface area contributed by atoms with E-state index in [-0.39, 0.29) is 36.5 Å². The lowest BCUT2D eigenvalue weighted by Crippen LogP contribution is -2.52. The van der Waals surface area contributed by atoms with Crippen molar-refractivity contribution in [3.8, 4) is 0 Å². The Kier molecular flexibility index (Phi) is 11.2. The van der Waals surface area contributed by atoms with Crippen LogP contribution in [-0.4, -0.2) is 61.3 Å². The summed E-state index contributed by atoms with van der Waals surface area (Å²) in [7, 11) is 4.02. The number of aryl methyl sites for hydroxylation is 1. The van der Waals surface area contributed by atoms with Crippen LogP contribution in [-0.2, 0) is 31.7 Å². The van der Waals surface area contributed by atoms with Gasteiger partial charge in [-0.1, -0.05) is 12.8 Å². The number of benzene rings is 1. The fraction of sp³-hybridized carbons (Fsp3) is 0.625. The molecule has 1 fully saturated rings. The predicted molar refractivity (Wildman–Crippen MR) is 131 cm³/mol. The van der Waals surface area contributed by atoms with Crippen LogP contribution in [0, 0.1) is 0 Å². The number of nitrogens with zero attached hydrogens (tertiary/aromatic N) is 1. The van der Waals surface area contributed by atoms with Crippen LogP contribution in [0.2, 0.25) is 0 Å². The van der Waals surface area contributed by atoms with E-state index < -0.39 is 30.1 Å². The monoisotopic (exact) mass is 517 g/mol. The second kappa shape index (κ2) is 13.6. The van der Waals surface area contributed by atoms with Gasteiger partial charge in [0.2, 0.25) is 0 Å². The summed E-state index contributed by atoms with van der Waals surface area (Å²) in [4.78, 5) is 25.1. The van der Waals surface area contributed by atoms with Gasteiger partial charge in [0.15, 0.2) is 5.11 Å². The van der Waals surface area contributed by atoms with E-state index >= 15 is 0 Å². The molecule has 0 aromatic heterocycles. The minimum absolute atomic E-state index is 0.0230. The maximum Gasteiger partial charge on any atom is 0.416 e. The SMILES string of the molecule is CCOC(=O)CC(=O)OCCCc1cc(NC(=S)N[C@@H]2CCCC[C@H]2N(C)C)cc(C(F)(F)F)c1. The van der Waals surface area contributed by atoms with E-state index in [1.807, 2.05) is 14.1 Å². The van der Waals surface area contributed by atoms with Gasteiger partial charge in [0.1, 0.15) is 6.42 Å². The number of ether oxygens (including phenoxy) is 2. The average Bonchev–Trinajstić information content (AvgIpc) is 2.76. The van der Waals surface area contributed by atoms with Gasteiger partial charge in [-0.3, -0.25) is 9.59 Å². The molecule has 0 heterocycles. The van der Waals surface area contributed by atoms with Crippen LogP contribution >= 0.6 is 12.2 Å². The Morgan fingerprint density at radius 1 is 1.11 bits per heavy atom. The summed E-state index contributed by atoms with van der Waals surface area (Å²) in [5, 5.41) is 6.46. The van der Waals surface area contributed by atoms with Crippen LogP contribution in [0.15, 0.2) is 18.2 Å². The van der Waals surface area contributed by atoms with Gasteiger partial charge < -0.3 is 25.0 Å². The summed E-state index contributed by atoms with van der Waals surface area (Å²) in [6.45, 7) is 1.76. The van der Waals surface area contributed by atoms with Gasteiger partial charge in [-0.05, 0) is 82.7 Å². The van der Waals surface area contributed by atoms with Gasteiger partial charge in [-0.15, -0.1) is 0 Å². The molecule has 11 heteroatoms. The molecule has 0 spiro atoms. The zero-order valence-corrected chi connectivity index (χ0v) is 21.2. The zero-order chi connectivity index (χ0) is 26.0. The average molecular weight is 518 g/mol. The lowest BCUT2D eigenvalue weighted by Gasteiger charge is -2.37. The largest absolute Gasteiger partial charge is 0.466 e. The molecule has 7 nitrogen and oxygen atoms in total. The van der Waals surface area contributed by atoms with Gasteiger partial charge in [0, 0.05) is 17.8 Å². The minimum Gasteiger partial charge on any atom is -0.466 e. The highest BCUT2D eigenvalue weighted by Gasteiger charge is 2.31. The molecule has 2 N–H and O–H groups in total. The van der Waals surface area contributed by atoms with Crippen LogP contribution < -0.4 is 10.6 Å². The fourth-order valence-corrected chi connectivity index (χ4v) is 4.42. The normalized spacial score (nSPS) is 18.1. The highest BCUT2D eigenvalue weighted by Crippen LogP contribution is 2.32. The Bertz CT molecular complexity index is 880. The molecule has 0 unspecified atom stereocenters. The number of halogens is 3. The summed E-state index contributed by atoms with van der Waals surface area (Å²) >= 11 is 5.41.